The molecule has 1 heterocycles. The van der Waals surface area contributed by atoms with Crippen LogP contribution in [-0.2, 0) is 6.54 Å². The van der Waals surface area contributed by atoms with Gasteiger partial charge in [0.05, 0.1) is 5.69 Å². The largest absolute Gasteiger partial charge is 0.489 e. The maximum Gasteiger partial charge on any atom is 0.146 e. The Hall–Kier alpha value is -1.22. The van der Waals surface area contributed by atoms with Gasteiger partial charge in [0.25, 0.3) is 0 Å². The number of ether oxygens (including phenoxy) is 1. The molecule has 1 unspecified atom stereocenters. The number of anilines is 1. The lowest BCUT2D eigenvalue weighted by molar-refractivity contribution is 0.318. The van der Waals surface area contributed by atoms with E-state index in [1.165, 1.54) is 31.2 Å². The van der Waals surface area contributed by atoms with Gasteiger partial charge in [-0.05, 0) is 24.9 Å². The van der Waals surface area contributed by atoms with Crippen LogP contribution >= 0.6 is 0 Å². The molecule has 0 saturated heterocycles. The molecule has 0 radical (unpaired) electrons. The molecule has 0 amide bonds. The monoisotopic (exact) mass is 276 g/mol. The first kappa shape index (κ1) is 15.2. The van der Waals surface area contributed by atoms with Crippen LogP contribution in [0.4, 0.5) is 5.69 Å². The molecule has 0 saturated carbocycles. The van der Waals surface area contributed by atoms with Crippen molar-refractivity contribution in [3.63, 3.8) is 0 Å². The normalized spacial score (nSPS) is 15.1. The van der Waals surface area contributed by atoms with Crippen molar-refractivity contribution in [3.05, 3.63) is 23.8 Å². The molecule has 1 atom stereocenters. The summed E-state index contributed by atoms with van der Waals surface area (Å²) in [5.41, 5.74) is 2.40. The van der Waals surface area contributed by atoms with Gasteiger partial charge in [-0.2, -0.15) is 0 Å². The summed E-state index contributed by atoms with van der Waals surface area (Å²) in [6.07, 6.45) is 5.24. The first-order chi connectivity index (χ1) is 9.85. The SMILES string of the molecule is CCCCC(CC)CNCc1cccc2c1OCCN2. The highest BCUT2D eigenvalue weighted by Gasteiger charge is 2.13. The van der Waals surface area contributed by atoms with Crippen molar-refractivity contribution in [1.82, 2.24) is 5.32 Å². The molecular formula is C17H28N2O. The smallest absolute Gasteiger partial charge is 0.146 e. The molecule has 2 rings (SSSR count). The van der Waals surface area contributed by atoms with Gasteiger partial charge in [-0.3, -0.25) is 0 Å². The number of para-hydroxylation sites is 1. The third kappa shape index (κ3) is 4.14. The van der Waals surface area contributed by atoms with Gasteiger partial charge in [0.2, 0.25) is 0 Å². The van der Waals surface area contributed by atoms with E-state index in [1.54, 1.807) is 0 Å². The second-order valence-electron chi connectivity index (χ2n) is 5.62. The fourth-order valence-electron chi connectivity index (χ4n) is 2.73. The van der Waals surface area contributed by atoms with Crippen LogP contribution < -0.4 is 15.4 Å². The maximum absolute atomic E-state index is 5.80. The molecule has 0 fully saturated rings. The van der Waals surface area contributed by atoms with Crippen LogP contribution in [0.5, 0.6) is 5.75 Å². The summed E-state index contributed by atoms with van der Waals surface area (Å²) in [5.74, 6) is 1.83. The highest BCUT2D eigenvalue weighted by molar-refractivity contribution is 5.61. The fourth-order valence-corrected chi connectivity index (χ4v) is 2.73. The molecule has 1 aliphatic rings. The van der Waals surface area contributed by atoms with E-state index in [0.717, 1.165) is 43.6 Å². The maximum atomic E-state index is 5.80. The molecule has 3 nitrogen and oxygen atoms in total. The van der Waals surface area contributed by atoms with Crippen molar-refractivity contribution < 1.29 is 4.74 Å². The van der Waals surface area contributed by atoms with Gasteiger partial charge in [0.15, 0.2) is 0 Å². The molecule has 0 aliphatic carbocycles. The Labute approximate surface area is 123 Å². The van der Waals surface area contributed by atoms with E-state index >= 15 is 0 Å². The zero-order valence-corrected chi connectivity index (χ0v) is 12.9. The third-order valence-corrected chi connectivity index (χ3v) is 4.05. The summed E-state index contributed by atoms with van der Waals surface area (Å²) in [6.45, 7) is 8.22. The molecule has 0 bridgehead atoms. The fraction of sp³-hybridized carbons (Fsp3) is 0.647. The average molecular weight is 276 g/mol. The van der Waals surface area contributed by atoms with E-state index in [0.29, 0.717) is 0 Å². The predicted molar refractivity (Wildman–Crippen MR) is 85.4 cm³/mol. The van der Waals surface area contributed by atoms with E-state index in [2.05, 4.69) is 42.7 Å². The average Bonchev–Trinajstić information content (AvgIpc) is 2.51. The van der Waals surface area contributed by atoms with Crippen LogP contribution in [0.3, 0.4) is 0 Å². The number of hydrogen-bond acceptors (Lipinski definition) is 3. The van der Waals surface area contributed by atoms with E-state index in [9.17, 15) is 0 Å². The van der Waals surface area contributed by atoms with E-state index in [-0.39, 0.29) is 0 Å². The Kier molecular flexibility index (Phi) is 6.19. The summed E-state index contributed by atoms with van der Waals surface area (Å²) < 4.78 is 5.80. The van der Waals surface area contributed by atoms with Crippen LogP contribution in [-0.4, -0.2) is 19.7 Å². The molecule has 1 aromatic rings. The number of fused-ring (bicyclic) bond motifs is 1. The Bertz CT molecular complexity index is 406. The van der Waals surface area contributed by atoms with Crippen LogP contribution in [0, 0.1) is 5.92 Å². The second-order valence-corrected chi connectivity index (χ2v) is 5.62. The van der Waals surface area contributed by atoms with Gasteiger partial charge >= 0.3 is 0 Å². The van der Waals surface area contributed by atoms with Gasteiger partial charge < -0.3 is 15.4 Å². The first-order valence-electron chi connectivity index (χ1n) is 8.04. The van der Waals surface area contributed by atoms with Crippen LogP contribution in [0.1, 0.15) is 45.1 Å². The molecule has 0 aromatic heterocycles. The minimum atomic E-state index is 0.762. The number of hydrogen-bond donors (Lipinski definition) is 2. The Morgan fingerprint density at radius 1 is 1.35 bits per heavy atom. The van der Waals surface area contributed by atoms with E-state index < -0.39 is 0 Å². The van der Waals surface area contributed by atoms with Crippen molar-refractivity contribution in [2.24, 2.45) is 5.92 Å². The van der Waals surface area contributed by atoms with E-state index in [4.69, 9.17) is 4.74 Å². The van der Waals surface area contributed by atoms with Crippen molar-refractivity contribution >= 4 is 5.69 Å². The highest BCUT2D eigenvalue weighted by atomic mass is 16.5. The molecule has 0 spiro atoms. The molecule has 20 heavy (non-hydrogen) atoms. The molecule has 1 aromatic carbocycles. The van der Waals surface area contributed by atoms with Crippen molar-refractivity contribution in [2.75, 3.05) is 25.0 Å². The minimum absolute atomic E-state index is 0.762. The third-order valence-electron chi connectivity index (χ3n) is 4.05. The Morgan fingerprint density at radius 3 is 3.05 bits per heavy atom. The summed E-state index contributed by atoms with van der Waals surface area (Å²) in [7, 11) is 0. The molecule has 112 valence electrons. The molecule has 3 heteroatoms. The van der Waals surface area contributed by atoms with Gasteiger partial charge in [-0.25, -0.2) is 0 Å². The summed E-state index contributed by atoms with van der Waals surface area (Å²) in [5, 5.41) is 6.99. The summed E-state index contributed by atoms with van der Waals surface area (Å²) in [6, 6.07) is 6.35. The predicted octanol–water partition coefficient (Wildman–Crippen LogP) is 3.80. The lowest BCUT2D eigenvalue weighted by Gasteiger charge is -2.22. The minimum Gasteiger partial charge on any atom is -0.489 e. The molecular weight excluding hydrogens is 248 g/mol. The van der Waals surface area contributed by atoms with Gasteiger partial charge in [0, 0.05) is 18.7 Å². The number of nitrogens with one attached hydrogen (secondary N) is 2. The quantitative estimate of drug-likeness (QED) is 0.758. The van der Waals surface area contributed by atoms with Crippen molar-refractivity contribution in [1.29, 1.82) is 0 Å². The highest BCUT2D eigenvalue weighted by Crippen LogP contribution is 2.31. The number of unbranched alkanes of at least 4 members (excludes halogenated alkanes) is 1. The zero-order chi connectivity index (χ0) is 14.2. The van der Waals surface area contributed by atoms with E-state index in [1.807, 2.05) is 0 Å². The lowest BCUT2D eigenvalue weighted by atomic mass is 9.99. The van der Waals surface area contributed by atoms with Gasteiger partial charge in [0.1, 0.15) is 12.4 Å². The Balaban J connectivity index is 1.84. The lowest BCUT2D eigenvalue weighted by Crippen LogP contribution is -2.24. The second kappa shape index (κ2) is 8.15. The van der Waals surface area contributed by atoms with Crippen LogP contribution in [0.25, 0.3) is 0 Å². The van der Waals surface area contributed by atoms with Crippen molar-refractivity contribution in [2.45, 2.75) is 46.1 Å². The standard InChI is InChI=1S/C17H28N2O/c1-3-5-7-14(4-2)12-18-13-15-8-6-9-16-17(15)20-11-10-19-16/h6,8-9,14,18-19H,3-5,7,10-13H2,1-2H3. The van der Waals surface area contributed by atoms with Crippen LogP contribution in [0.2, 0.25) is 0 Å². The summed E-state index contributed by atoms with van der Waals surface area (Å²) >= 11 is 0. The first-order valence-corrected chi connectivity index (χ1v) is 8.04. The Morgan fingerprint density at radius 2 is 2.25 bits per heavy atom. The zero-order valence-electron chi connectivity index (χ0n) is 12.9. The van der Waals surface area contributed by atoms with Crippen LogP contribution in [0.15, 0.2) is 18.2 Å². The topological polar surface area (TPSA) is 33.3 Å². The number of benzene rings is 1. The van der Waals surface area contributed by atoms with Gasteiger partial charge in [-0.15, -0.1) is 0 Å². The van der Waals surface area contributed by atoms with Gasteiger partial charge in [-0.1, -0.05) is 45.2 Å². The van der Waals surface area contributed by atoms with Crippen molar-refractivity contribution in [3.8, 4) is 5.75 Å². The molecule has 1 aliphatic heterocycles. The number of rotatable bonds is 8. The molecule has 2 N–H and O–H groups in total. The summed E-state index contributed by atoms with van der Waals surface area (Å²) in [4.78, 5) is 0.